The predicted octanol–water partition coefficient (Wildman–Crippen LogP) is 6.74. The third kappa shape index (κ3) is 9.80. The molecule has 0 bridgehead atoms. The summed E-state index contributed by atoms with van der Waals surface area (Å²) >= 11 is 0. The van der Waals surface area contributed by atoms with Gasteiger partial charge in [0.25, 0.3) is 11.8 Å². The molecule has 1 heterocycles. The maximum absolute atomic E-state index is 13.8. The third-order valence-corrected chi connectivity index (χ3v) is 9.33. The Morgan fingerprint density at radius 1 is 0.942 bits per heavy atom. The smallest absolute Gasteiger partial charge is 0.416 e. The van der Waals surface area contributed by atoms with Crippen molar-refractivity contribution in [3.8, 4) is 5.75 Å². The van der Waals surface area contributed by atoms with E-state index >= 15 is 0 Å². The average molecular weight is 720 g/mol. The Labute approximate surface area is 303 Å². The van der Waals surface area contributed by atoms with Gasteiger partial charge in [-0.05, 0) is 80.0 Å². The molecule has 12 heteroatoms. The van der Waals surface area contributed by atoms with Gasteiger partial charge in [0.15, 0.2) is 5.69 Å². The predicted molar refractivity (Wildman–Crippen MR) is 193 cm³/mol. The quantitative estimate of drug-likeness (QED) is 0.105. The molecule has 1 aliphatic carbocycles. The van der Waals surface area contributed by atoms with Crippen LogP contribution in [0.3, 0.4) is 0 Å². The van der Waals surface area contributed by atoms with Crippen molar-refractivity contribution in [2.45, 2.75) is 89.9 Å². The highest BCUT2D eigenvalue weighted by molar-refractivity contribution is 5.98. The van der Waals surface area contributed by atoms with Crippen molar-refractivity contribution in [1.29, 1.82) is 0 Å². The van der Waals surface area contributed by atoms with Crippen molar-refractivity contribution in [2.24, 2.45) is 0 Å². The molecule has 1 aromatic heterocycles. The molecule has 3 N–H and O–H groups in total. The molecule has 4 aromatic rings. The summed E-state index contributed by atoms with van der Waals surface area (Å²) in [4.78, 5) is 29.0. The van der Waals surface area contributed by atoms with E-state index in [2.05, 4.69) is 15.7 Å². The summed E-state index contributed by atoms with van der Waals surface area (Å²) in [5.74, 6) is -0.137. The topological polar surface area (TPSA) is 109 Å². The molecule has 0 spiro atoms. The SMILES string of the molecule is CCCN(CCC)C(=O)c1cc(C(=O)N[C@@H](Cc2cccc(OCc3ccccc3)c2)[C@H](O)CNC2(c3cccc(C(F)(F)F)c3)CC2)nn1CC. The normalized spacial score (nSPS) is 14.8. The largest absolute Gasteiger partial charge is 0.489 e. The van der Waals surface area contributed by atoms with Gasteiger partial charge in [-0.1, -0.05) is 68.4 Å². The lowest BCUT2D eigenvalue weighted by Gasteiger charge is -2.27. The van der Waals surface area contributed by atoms with Crippen LogP contribution >= 0.6 is 0 Å². The lowest BCUT2D eigenvalue weighted by molar-refractivity contribution is -0.137. The number of benzene rings is 3. The van der Waals surface area contributed by atoms with Crippen LogP contribution in [0.25, 0.3) is 0 Å². The summed E-state index contributed by atoms with van der Waals surface area (Å²) in [6.07, 6.45) is -2.59. The van der Waals surface area contributed by atoms with E-state index in [1.165, 1.54) is 16.8 Å². The number of nitrogens with one attached hydrogen (secondary N) is 2. The van der Waals surface area contributed by atoms with Crippen molar-refractivity contribution in [1.82, 2.24) is 25.3 Å². The molecule has 3 aromatic carbocycles. The molecule has 5 rings (SSSR count). The molecule has 1 fully saturated rings. The molecule has 278 valence electrons. The van der Waals surface area contributed by atoms with Gasteiger partial charge in [-0.2, -0.15) is 18.3 Å². The number of aryl methyl sites for hydroxylation is 1. The van der Waals surface area contributed by atoms with Gasteiger partial charge >= 0.3 is 6.18 Å². The third-order valence-electron chi connectivity index (χ3n) is 9.33. The molecule has 2 amide bonds. The first kappa shape index (κ1) is 38.5. The van der Waals surface area contributed by atoms with E-state index in [-0.39, 0.29) is 24.6 Å². The zero-order valence-electron chi connectivity index (χ0n) is 30.0. The van der Waals surface area contributed by atoms with Crippen LogP contribution in [0.1, 0.15) is 89.7 Å². The van der Waals surface area contributed by atoms with Gasteiger partial charge < -0.3 is 25.4 Å². The fraction of sp³-hybridized carbons (Fsp3) is 0.425. The van der Waals surface area contributed by atoms with Crippen LogP contribution in [0.5, 0.6) is 5.75 Å². The van der Waals surface area contributed by atoms with Crippen molar-refractivity contribution < 1.29 is 32.6 Å². The Kier molecular flexibility index (Phi) is 12.8. The lowest BCUT2D eigenvalue weighted by atomic mass is 9.98. The van der Waals surface area contributed by atoms with Gasteiger partial charge in [0.2, 0.25) is 0 Å². The lowest BCUT2D eigenvalue weighted by Crippen LogP contribution is -2.50. The van der Waals surface area contributed by atoms with Crippen molar-refractivity contribution in [3.05, 3.63) is 119 Å². The minimum absolute atomic E-state index is 0.00151. The van der Waals surface area contributed by atoms with Crippen LogP contribution in [0.15, 0.2) is 84.9 Å². The monoisotopic (exact) mass is 719 g/mol. The van der Waals surface area contributed by atoms with Gasteiger partial charge in [0.1, 0.15) is 18.1 Å². The van der Waals surface area contributed by atoms with Crippen LogP contribution in [-0.2, 0) is 31.3 Å². The second kappa shape index (κ2) is 17.2. The Hall–Kier alpha value is -4.68. The number of nitrogens with zero attached hydrogens (tertiary/aromatic N) is 3. The van der Waals surface area contributed by atoms with Gasteiger partial charge in [-0.15, -0.1) is 0 Å². The summed E-state index contributed by atoms with van der Waals surface area (Å²) < 4.78 is 48.0. The highest BCUT2D eigenvalue weighted by atomic mass is 19.4. The summed E-state index contributed by atoms with van der Waals surface area (Å²) in [5.41, 5.74) is 1.22. The number of amides is 2. The van der Waals surface area contributed by atoms with E-state index < -0.39 is 35.3 Å². The van der Waals surface area contributed by atoms with Gasteiger partial charge in [0, 0.05) is 37.8 Å². The Balaban J connectivity index is 1.36. The fourth-order valence-electron chi connectivity index (χ4n) is 6.37. The number of ether oxygens (including phenoxy) is 1. The van der Waals surface area contributed by atoms with Crippen molar-refractivity contribution in [3.63, 3.8) is 0 Å². The molecule has 2 atom stereocenters. The first-order valence-corrected chi connectivity index (χ1v) is 18.0. The number of hydrogen-bond acceptors (Lipinski definition) is 6. The van der Waals surface area contributed by atoms with E-state index in [0.29, 0.717) is 56.1 Å². The average Bonchev–Trinajstić information content (AvgIpc) is 3.82. The summed E-state index contributed by atoms with van der Waals surface area (Å²) in [6, 6.07) is 23.0. The summed E-state index contributed by atoms with van der Waals surface area (Å²) in [7, 11) is 0. The Morgan fingerprint density at radius 2 is 1.63 bits per heavy atom. The minimum atomic E-state index is -4.47. The first-order chi connectivity index (χ1) is 25.0. The van der Waals surface area contributed by atoms with E-state index in [1.807, 2.05) is 75.4 Å². The second-order valence-electron chi connectivity index (χ2n) is 13.3. The van der Waals surface area contributed by atoms with E-state index in [1.54, 1.807) is 11.0 Å². The number of alkyl halides is 3. The van der Waals surface area contributed by atoms with Crippen molar-refractivity contribution >= 4 is 11.8 Å². The molecule has 0 saturated heterocycles. The summed E-state index contributed by atoms with van der Waals surface area (Å²) in [5, 5.41) is 22.3. The van der Waals surface area contributed by atoms with Crippen LogP contribution in [-0.4, -0.2) is 63.4 Å². The standard InChI is InChI=1S/C40H48F3N5O4/c1-4-20-47(21-5-2)38(51)35-25-34(46-48(35)6-3)37(50)45-33(23-29-14-10-17-32(22-29)52-27-28-12-8-7-9-13-28)36(49)26-44-39(18-19-39)30-15-11-16-31(24-30)40(41,42)43/h7-17,22,24-25,33,36,44,49H,4-6,18-21,23,26-27H2,1-3H3,(H,45,50)/t33-,36+/m0/s1. The highest BCUT2D eigenvalue weighted by Crippen LogP contribution is 2.46. The first-order valence-electron chi connectivity index (χ1n) is 18.0. The van der Waals surface area contributed by atoms with Gasteiger partial charge in [-0.3, -0.25) is 14.3 Å². The van der Waals surface area contributed by atoms with Gasteiger partial charge in [-0.25, -0.2) is 0 Å². The number of carbonyl (C=O) groups excluding carboxylic acids is 2. The second-order valence-corrected chi connectivity index (χ2v) is 13.3. The number of carbonyl (C=O) groups is 2. The van der Waals surface area contributed by atoms with E-state index in [0.717, 1.165) is 36.1 Å². The van der Waals surface area contributed by atoms with Crippen LogP contribution in [0.4, 0.5) is 13.2 Å². The minimum Gasteiger partial charge on any atom is -0.489 e. The number of aliphatic hydroxyl groups is 1. The summed E-state index contributed by atoms with van der Waals surface area (Å²) in [6.45, 7) is 7.76. The van der Waals surface area contributed by atoms with Crippen LogP contribution in [0, 0.1) is 0 Å². The number of aromatic nitrogens is 2. The number of rotatable bonds is 18. The highest BCUT2D eigenvalue weighted by Gasteiger charge is 2.45. The van der Waals surface area contributed by atoms with Gasteiger partial charge in [0.05, 0.1) is 17.7 Å². The Bertz CT molecular complexity index is 1790. The van der Waals surface area contributed by atoms with E-state index in [4.69, 9.17) is 4.74 Å². The zero-order valence-corrected chi connectivity index (χ0v) is 30.0. The molecular weight excluding hydrogens is 671 g/mol. The van der Waals surface area contributed by atoms with Crippen LogP contribution in [0.2, 0.25) is 0 Å². The Morgan fingerprint density at radius 3 is 2.29 bits per heavy atom. The van der Waals surface area contributed by atoms with E-state index in [9.17, 15) is 27.9 Å². The molecular formula is C40H48F3N5O4. The molecule has 52 heavy (non-hydrogen) atoms. The molecule has 1 saturated carbocycles. The maximum atomic E-state index is 13.8. The number of halogens is 3. The maximum Gasteiger partial charge on any atom is 0.416 e. The number of hydrogen-bond donors (Lipinski definition) is 3. The van der Waals surface area contributed by atoms with Crippen LogP contribution < -0.4 is 15.4 Å². The molecule has 1 aliphatic rings. The van der Waals surface area contributed by atoms with Crippen molar-refractivity contribution in [2.75, 3.05) is 19.6 Å². The fourth-order valence-corrected chi connectivity index (χ4v) is 6.37. The molecule has 0 aliphatic heterocycles. The molecule has 9 nitrogen and oxygen atoms in total. The zero-order chi connectivity index (χ0) is 37.3. The molecule has 0 unspecified atom stereocenters. The molecule has 0 radical (unpaired) electrons. The number of aliphatic hydroxyl groups excluding tert-OH is 1.